The van der Waals surface area contributed by atoms with Crippen LogP contribution in [0, 0.1) is 5.82 Å². The Bertz CT molecular complexity index is 1030. The molecule has 3 aliphatic rings. The smallest absolute Gasteiger partial charge is 0.407 e. The third-order valence-corrected chi connectivity index (χ3v) is 6.82. The summed E-state index contributed by atoms with van der Waals surface area (Å²) in [5.41, 5.74) is 2.47. The number of carboxylic acid groups (broad SMARTS) is 1. The zero-order valence-electron chi connectivity index (χ0n) is 17.7. The molecule has 0 unspecified atom stereocenters. The van der Waals surface area contributed by atoms with Gasteiger partial charge in [-0.25, -0.2) is 14.0 Å². The van der Waals surface area contributed by atoms with Gasteiger partial charge in [-0.2, -0.15) is 0 Å². The summed E-state index contributed by atoms with van der Waals surface area (Å²) >= 11 is 0. The highest BCUT2D eigenvalue weighted by Crippen LogP contribution is 2.37. The molecule has 0 radical (unpaired) electrons. The number of morpholine rings is 1. The van der Waals surface area contributed by atoms with E-state index in [0.29, 0.717) is 39.2 Å². The zero-order chi connectivity index (χ0) is 22.3. The van der Waals surface area contributed by atoms with Gasteiger partial charge in [0.1, 0.15) is 11.4 Å². The SMILES string of the molecule is O=C(O)N1CCO[C@@]2(CCN(C(=O)N3CCc4ccccc4[C@@H]3c3ccc(F)cc3)C2)C1. The van der Waals surface area contributed by atoms with Crippen LogP contribution in [-0.4, -0.2) is 76.9 Å². The highest BCUT2D eigenvalue weighted by molar-refractivity contribution is 5.77. The molecular weight excluding hydrogens is 413 g/mol. The Morgan fingerprint density at radius 2 is 1.75 bits per heavy atom. The van der Waals surface area contributed by atoms with Gasteiger partial charge in [0.25, 0.3) is 0 Å². The Kier molecular flexibility index (Phi) is 5.25. The van der Waals surface area contributed by atoms with Crippen molar-refractivity contribution in [2.75, 3.05) is 39.3 Å². The molecule has 7 nitrogen and oxygen atoms in total. The van der Waals surface area contributed by atoms with Crippen molar-refractivity contribution >= 4 is 12.1 Å². The van der Waals surface area contributed by atoms with Gasteiger partial charge in [-0.05, 0) is 41.7 Å². The van der Waals surface area contributed by atoms with Crippen LogP contribution in [0.4, 0.5) is 14.0 Å². The van der Waals surface area contributed by atoms with Crippen molar-refractivity contribution in [3.05, 3.63) is 71.0 Å². The van der Waals surface area contributed by atoms with E-state index in [9.17, 15) is 19.1 Å². The number of benzene rings is 2. The minimum atomic E-state index is -0.957. The summed E-state index contributed by atoms with van der Waals surface area (Å²) in [4.78, 5) is 30.1. The van der Waals surface area contributed by atoms with Crippen LogP contribution >= 0.6 is 0 Å². The van der Waals surface area contributed by atoms with Crippen molar-refractivity contribution in [1.82, 2.24) is 14.7 Å². The maximum atomic E-state index is 13.7. The monoisotopic (exact) mass is 439 g/mol. The maximum Gasteiger partial charge on any atom is 0.407 e. The Morgan fingerprint density at radius 1 is 1.00 bits per heavy atom. The van der Waals surface area contributed by atoms with Gasteiger partial charge >= 0.3 is 12.1 Å². The number of likely N-dealkylation sites (tertiary alicyclic amines) is 1. The average molecular weight is 439 g/mol. The van der Waals surface area contributed by atoms with Gasteiger partial charge in [0.05, 0.1) is 25.7 Å². The molecule has 5 rings (SSSR count). The van der Waals surface area contributed by atoms with Crippen molar-refractivity contribution in [3.63, 3.8) is 0 Å². The molecule has 3 heterocycles. The molecule has 2 aromatic rings. The van der Waals surface area contributed by atoms with Crippen molar-refractivity contribution in [2.45, 2.75) is 24.5 Å². The molecule has 3 aliphatic heterocycles. The van der Waals surface area contributed by atoms with E-state index >= 15 is 0 Å². The molecule has 32 heavy (non-hydrogen) atoms. The lowest BCUT2D eigenvalue weighted by molar-refractivity contribution is -0.0925. The molecule has 2 atom stereocenters. The van der Waals surface area contributed by atoms with Crippen molar-refractivity contribution in [3.8, 4) is 0 Å². The fraction of sp³-hybridized carbons (Fsp3) is 0.417. The standard InChI is InChI=1S/C24H26FN3O4/c25-19-7-5-18(6-8-19)21-20-4-2-1-3-17(20)9-11-28(21)22(29)26-12-10-24(15-26)16-27(23(30)31)13-14-32-24/h1-8,21H,9-16H2,(H,30,31)/t21-,24+/m0/s1. The van der Waals surface area contributed by atoms with E-state index in [1.165, 1.54) is 22.6 Å². The molecule has 0 saturated carbocycles. The molecule has 0 aromatic heterocycles. The molecule has 1 N–H and O–H groups in total. The minimum absolute atomic E-state index is 0.0956. The van der Waals surface area contributed by atoms with Crippen LogP contribution in [0.3, 0.4) is 0 Å². The van der Waals surface area contributed by atoms with Crippen LogP contribution in [0.25, 0.3) is 0 Å². The van der Waals surface area contributed by atoms with Gasteiger partial charge in [-0.1, -0.05) is 36.4 Å². The van der Waals surface area contributed by atoms with Gasteiger partial charge in [0.15, 0.2) is 0 Å². The molecule has 0 bridgehead atoms. The Hall–Kier alpha value is -3.13. The van der Waals surface area contributed by atoms with E-state index in [1.807, 2.05) is 23.1 Å². The van der Waals surface area contributed by atoms with E-state index in [2.05, 4.69) is 6.07 Å². The summed E-state index contributed by atoms with van der Waals surface area (Å²) in [6.07, 6.45) is 0.400. The first-order valence-electron chi connectivity index (χ1n) is 11.0. The van der Waals surface area contributed by atoms with Crippen LogP contribution in [-0.2, 0) is 11.2 Å². The number of amides is 3. The van der Waals surface area contributed by atoms with Crippen LogP contribution < -0.4 is 0 Å². The fourth-order valence-corrected chi connectivity index (χ4v) is 5.22. The minimum Gasteiger partial charge on any atom is -0.465 e. The number of urea groups is 1. The first kappa shape index (κ1) is 20.8. The lowest BCUT2D eigenvalue weighted by atomic mass is 9.88. The van der Waals surface area contributed by atoms with Gasteiger partial charge in [0.2, 0.25) is 0 Å². The summed E-state index contributed by atoms with van der Waals surface area (Å²) < 4.78 is 19.6. The van der Waals surface area contributed by atoms with Crippen molar-refractivity contribution in [2.24, 2.45) is 0 Å². The normalized spacial score (nSPS) is 25.2. The number of hydrogen-bond donors (Lipinski definition) is 1. The third-order valence-electron chi connectivity index (χ3n) is 6.82. The zero-order valence-corrected chi connectivity index (χ0v) is 17.7. The molecule has 8 heteroatoms. The number of nitrogens with zero attached hydrogens (tertiary/aromatic N) is 3. The number of rotatable bonds is 1. The van der Waals surface area contributed by atoms with Gasteiger partial charge < -0.3 is 24.5 Å². The second-order valence-electron chi connectivity index (χ2n) is 8.79. The van der Waals surface area contributed by atoms with Crippen LogP contribution in [0.2, 0.25) is 0 Å². The number of hydrogen-bond acceptors (Lipinski definition) is 3. The van der Waals surface area contributed by atoms with E-state index in [0.717, 1.165) is 17.5 Å². The van der Waals surface area contributed by atoms with E-state index < -0.39 is 11.7 Å². The van der Waals surface area contributed by atoms with E-state index in [4.69, 9.17) is 4.74 Å². The fourth-order valence-electron chi connectivity index (χ4n) is 5.22. The number of carbonyl (C=O) groups is 2. The summed E-state index contributed by atoms with van der Waals surface area (Å²) in [6, 6.07) is 14.0. The highest BCUT2D eigenvalue weighted by atomic mass is 19.1. The molecule has 0 aliphatic carbocycles. The summed E-state index contributed by atoms with van der Waals surface area (Å²) in [5, 5.41) is 9.39. The van der Waals surface area contributed by atoms with Gasteiger partial charge in [-0.15, -0.1) is 0 Å². The first-order valence-corrected chi connectivity index (χ1v) is 11.0. The maximum absolute atomic E-state index is 13.7. The predicted molar refractivity (Wildman–Crippen MR) is 115 cm³/mol. The number of halogens is 1. The molecule has 3 amide bonds. The second kappa shape index (κ2) is 8.09. The average Bonchev–Trinajstić information content (AvgIpc) is 3.21. The summed E-state index contributed by atoms with van der Waals surface area (Å²) in [7, 11) is 0. The number of carbonyl (C=O) groups excluding carboxylic acids is 1. The summed E-state index contributed by atoms with van der Waals surface area (Å²) in [6.45, 7) is 2.40. The lowest BCUT2D eigenvalue weighted by Gasteiger charge is -2.41. The van der Waals surface area contributed by atoms with Gasteiger partial charge in [-0.3, -0.25) is 0 Å². The first-order chi connectivity index (χ1) is 15.5. The van der Waals surface area contributed by atoms with Crippen molar-refractivity contribution in [1.29, 1.82) is 0 Å². The van der Waals surface area contributed by atoms with Gasteiger partial charge in [0, 0.05) is 19.6 Å². The molecular formula is C24H26FN3O4. The topological polar surface area (TPSA) is 73.3 Å². The molecule has 2 saturated heterocycles. The number of fused-ring (bicyclic) bond motifs is 1. The quantitative estimate of drug-likeness (QED) is 0.740. The van der Waals surface area contributed by atoms with Crippen LogP contribution in [0.1, 0.15) is 29.2 Å². The highest BCUT2D eigenvalue weighted by Gasteiger charge is 2.47. The molecule has 2 aromatic carbocycles. The lowest BCUT2D eigenvalue weighted by Crippen LogP contribution is -2.55. The third kappa shape index (κ3) is 3.68. The van der Waals surface area contributed by atoms with E-state index in [-0.39, 0.29) is 24.4 Å². The Balaban J connectivity index is 1.41. The molecule has 2 fully saturated rings. The number of ether oxygens (including phenoxy) is 1. The van der Waals surface area contributed by atoms with Crippen LogP contribution in [0.5, 0.6) is 0 Å². The largest absolute Gasteiger partial charge is 0.465 e. The summed E-state index contributed by atoms with van der Waals surface area (Å²) in [5.74, 6) is -0.311. The second-order valence-corrected chi connectivity index (χ2v) is 8.79. The van der Waals surface area contributed by atoms with Crippen molar-refractivity contribution < 1.29 is 23.8 Å². The van der Waals surface area contributed by atoms with Crippen LogP contribution in [0.15, 0.2) is 48.5 Å². The van der Waals surface area contributed by atoms with E-state index in [1.54, 1.807) is 17.0 Å². The Labute approximate surface area is 186 Å². The Morgan fingerprint density at radius 3 is 2.53 bits per heavy atom. The molecule has 1 spiro atoms. The predicted octanol–water partition coefficient (Wildman–Crippen LogP) is 3.35. The molecule has 168 valence electrons.